The molecular formula is C17H23N3O3S. The lowest BCUT2D eigenvalue weighted by Gasteiger charge is -2.40. The van der Waals surface area contributed by atoms with Gasteiger partial charge in [0.25, 0.3) is 0 Å². The second-order valence-electron chi connectivity index (χ2n) is 7.00. The van der Waals surface area contributed by atoms with E-state index < -0.39 is 10.0 Å². The summed E-state index contributed by atoms with van der Waals surface area (Å²) in [7, 11) is -3.14. The fourth-order valence-electron chi connectivity index (χ4n) is 3.85. The van der Waals surface area contributed by atoms with Crippen molar-refractivity contribution in [1.82, 2.24) is 14.5 Å². The lowest BCUT2D eigenvalue weighted by Crippen LogP contribution is -2.59. The van der Waals surface area contributed by atoms with Gasteiger partial charge in [-0.05, 0) is 31.2 Å². The molecule has 2 atom stereocenters. The van der Waals surface area contributed by atoms with E-state index in [9.17, 15) is 13.2 Å². The largest absolute Gasteiger partial charge is 0.334 e. The van der Waals surface area contributed by atoms with E-state index in [0.717, 1.165) is 31.2 Å². The van der Waals surface area contributed by atoms with E-state index in [1.165, 1.54) is 0 Å². The second kappa shape index (κ2) is 6.04. The Morgan fingerprint density at radius 2 is 1.67 bits per heavy atom. The van der Waals surface area contributed by atoms with E-state index in [4.69, 9.17) is 0 Å². The van der Waals surface area contributed by atoms with Gasteiger partial charge in [0.05, 0.1) is 5.25 Å². The smallest absolute Gasteiger partial charge is 0.318 e. The third kappa shape index (κ3) is 2.91. The maximum absolute atomic E-state index is 12.6. The van der Waals surface area contributed by atoms with Crippen molar-refractivity contribution in [2.45, 2.75) is 49.6 Å². The number of rotatable bonds is 4. The Bertz CT molecular complexity index is 704. The van der Waals surface area contributed by atoms with Crippen molar-refractivity contribution >= 4 is 16.1 Å². The summed E-state index contributed by atoms with van der Waals surface area (Å²) in [6.07, 6.45) is 3.35. The Labute approximate surface area is 142 Å². The fourth-order valence-corrected chi connectivity index (χ4v) is 5.76. The highest BCUT2D eigenvalue weighted by atomic mass is 32.2. The molecule has 0 aromatic heterocycles. The molecule has 2 amide bonds. The van der Waals surface area contributed by atoms with Crippen LogP contribution in [0.15, 0.2) is 30.3 Å². The number of sulfonamides is 1. The van der Waals surface area contributed by atoms with E-state index in [2.05, 4.69) is 5.32 Å². The Morgan fingerprint density at radius 1 is 1.04 bits per heavy atom. The first-order chi connectivity index (χ1) is 11.6. The van der Waals surface area contributed by atoms with Crippen LogP contribution in [0.25, 0.3) is 0 Å². The van der Waals surface area contributed by atoms with Gasteiger partial charge in [-0.15, -0.1) is 0 Å². The molecule has 2 heterocycles. The van der Waals surface area contributed by atoms with Gasteiger partial charge < -0.3 is 10.2 Å². The lowest BCUT2D eigenvalue weighted by molar-refractivity contribution is 0.125. The number of piperazine rings is 1. The first kappa shape index (κ1) is 15.9. The number of nitrogens with one attached hydrogen (secondary N) is 1. The van der Waals surface area contributed by atoms with E-state index in [0.29, 0.717) is 19.6 Å². The molecule has 6 nitrogen and oxygen atoms in total. The standard InChI is InChI=1S/C17H23N3O3S/c21-17(18-10-13-4-2-1-3-5-13)20-14-6-7-15(20)12-19(11-14)24(22,23)16-8-9-16/h1-5,14-16H,6-12H2,(H,18,21)/t14-,15-/m0/s1. The zero-order chi connectivity index (χ0) is 16.7. The monoisotopic (exact) mass is 349 g/mol. The van der Waals surface area contributed by atoms with Crippen LogP contribution in [0.4, 0.5) is 4.79 Å². The van der Waals surface area contributed by atoms with Crippen molar-refractivity contribution in [3.63, 3.8) is 0 Å². The molecule has 0 radical (unpaired) electrons. The van der Waals surface area contributed by atoms with Gasteiger partial charge in [-0.2, -0.15) is 4.31 Å². The fraction of sp³-hybridized carbons (Fsp3) is 0.588. The van der Waals surface area contributed by atoms with Crippen molar-refractivity contribution < 1.29 is 13.2 Å². The van der Waals surface area contributed by atoms with Crippen molar-refractivity contribution in [1.29, 1.82) is 0 Å². The predicted molar refractivity (Wildman–Crippen MR) is 90.8 cm³/mol. The van der Waals surface area contributed by atoms with Crippen molar-refractivity contribution in [3.8, 4) is 0 Å². The molecule has 2 aliphatic heterocycles. The molecule has 0 spiro atoms. The van der Waals surface area contributed by atoms with Crippen LogP contribution in [-0.2, 0) is 16.6 Å². The van der Waals surface area contributed by atoms with Crippen LogP contribution in [-0.4, -0.2) is 54.1 Å². The molecule has 130 valence electrons. The summed E-state index contributed by atoms with van der Waals surface area (Å²) in [5.41, 5.74) is 1.06. The molecule has 2 saturated heterocycles. The number of amides is 2. The van der Waals surface area contributed by atoms with Gasteiger partial charge in [-0.25, -0.2) is 13.2 Å². The number of fused-ring (bicyclic) bond motifs is 2. The molecule has 1 aromatic rings. The summed E-state index contributed by atoms with van der Waals surface area (Å²) in [6.45, 7) is 1.40. The first-order valence-corrected chi connectivity index (χ1v) is 10.1. The Balaban J connectivity index is 1.40. The SMILES string of the molecule is O=C(NCc1ccccc1)N1[C@H]2CC[C@H]1CN(S(=O)(=O)C1CC1)C2. The third-order valence-corrected chi connectivity index (χ3v) is 7.61. The first-order valence-electron chi connectivity index (χ1n) is 8.65. The minimum absolute atomic E-state index is 0.00745. The molecule has 2 bridgehead atoms. The van der Waals surface area contributed by atoms with Crippen LogP contribution >= 0.6 is 0 Å². The van der Waals surface area contributed by atoms with E-state index >= 15 is 0 Å². The van der Waals surface area contributed by atoms with Gasteiger partial charge >= 0.3 is 6.03 Å². The molecule has 0 unspecified atom stereocenters. The quantitative estimate of drug-likeness (QED) is 0.896. The minimum Gasteiger partial charge on any atom is -0.334 e. The Kier molecular flexibility index (Phi) is 4.00. The van der Waals surface area contributed by atoms with Gasteiger partial charge in [0.1, 0.15) is 0 Å². The number of nitrogens with zero attached hydrogens (tertiary/aromatic N) is 2. The number of hydrogen-bond acceptors (Lipinski definition) is 3. The van der Waals surface area contributed by atoms with Crippen molar-refractivity contribution in [3.05, 3.63) is 35.9 Å². The summed E-state index contributed by atoms with van der Waals surface area (Å²) < 4.78 is 26.6. The number of benzene rings is 1. The highest BCUT2D eigenvalue weighted by Gasteiger charge is 2.49. The minimum atomic E-state index is -3.14. The van der Waals surface area contributed by atoms with Crippen LogP contribution in [0.5, 0.6) is 0 Å². The summed E-state index contributed by atoms with van der Waals surface area (Å²) in [5.74, 6) is 0. The Morgan fingerprint density at radius 3 is 2.25 bits per heavy atom. The zero-order valence-electron chi connectivity index (χ0n) is 13.6. The molecule has 1 saturated carbocycles. The normalized spacial score (nSPS) is 27.2. The topological polar surface area (TPSA) is 69.7 Å². The van der Waals surface area contributed by atoms with Gasteiger partial charge in [-0.3, -0.25) is 0 Å². The van der Waals surface area contributed by atoms with E-state index in [-0.39, 0.29) is 23.4 Å². The summed E-state index contributed by atoms with van der Waals surface area (Å²) in [6, 6.07) is 9.75. The summed E-state index contributed by atoms with van der Waals surface area (Å²) >= 11 is 0. The van der Waals surface area contributed by atoms with Crippen molar-refractivity contribution in [2.75, 3.05) is 13.1 Å². The average Bonchev–Trinajstić information content (AvgIpc) is 3.40. The van der Waals surface area contributed by atoms with E-state index in [1.54, 1.807) is 4.31 Å². The lowest BCUT2D eigenvalue weighted by atomic mass is 10.2. The molecule has 3 fully saturated rings. The van der Waals surface area contributed by atoms with Crippen LogP contribution in [0.2, 0.25) is 0 Å². The highest BCUT2D eigenvalue weighted by molar-refractivity contribution is 7.90. The van der Waals surface area contributed by atoms with Crippen LogP contribution in [0, 0.1) is 0 Å². The number of carbonyl (C=O) groups excluding carboxylic acids is 1. The molecular weight excluding hydrogens is 326 g/mol. The molecule has 24 heavy (non-hydrogen) atoms. The van der Waals surface area contributed by atoms with Crippen molar-refractivity contribution in [2.24, 2.45) is 0 Å². The van der Waals surface area contributed by atoms with Gasteiger partial charge in [0.2, 0.25) is 10.0 Å². The average molecular weight is 349 g/mol. The maximum Gasteiger partial charge on any atom is 0.318 e. The molecule has 1 aliphatic carbocycles. The maximum atomic E-state index is 12.6. The van der Waals surface area contributed by atoms with Gasteiger partial charge in [-0.1, -0.05) is 30.3 Å². The second-order valence-corrected chi connectivity index (χ2v) is 9.21. The summed E-state index contributed by atoms with van der Waals surface area (Å²) in [4.78, 5) is 14.5. The van der Waals surface area contributed by atoms with Crippen LogP contribution in [0.1, 0.15) is 31.2 Å². The van der Waals surface area contributed by atoms with Gasteiger partial charge in [0, 0.05) is 31.7 Å². The van der Waals surface area contributed by atoms with Crippen LogP contribution < -0.4 is 5.32 Å². The molecule has 1 N–H and O–H groups in total. The third-order valence-electron chi connectivity index (χ3n) is 5.28. The molecule has 4 rings (SSSR count). The van der Waals surface area contributed by atoms with Crippen LogP contribution in [0.3, 0.4) is 0 Å². The predicted octanol–water partition coefficient (Wildman–Crippen LogP) is 1.54. The Hall–Kier alpha value is -1.60. The van der Waals surface area contributed by atoms with E-state index in [1.807, 2.05) is 35.2 Å². The summed E-state index contributed by atoms with van der Waals surface area (Å²) in [5, 5.41) is 2.81. The zero-order valence-corrected chi connectivity index (χ0v) is 14.4. The van der Waals surface area contributed by atoms with Gasteiger partial charge in [0.15, 0.2) is 0 Å². The molecule has 7 heteroatoms. The molecule has 1 aromatic carbocycles. The number of carbonyl (C=O) groups is 1. The highest BCUT2D eigenvalue weighted by Crippen LogP contribution is 2.36. The number of urea groups is 1. The number of hydrogen-bond donors (Lipinski definition) is 1. The molecule has 3 aliphatic rings.